The molecule has 0 radical (unpaired) electrons. The predicted molar refractivity (Wildman–Crippen MR) is 72.0 cm³/mol. The number of hydrogen-bond acceptors (Lipinski definition) is 3. The van der Waals surface area contributed by atoms with Gasteiger partial charge in [-0.15, -0.1) is 0 Å². The normalized spacial score (nSPS) is 12.3. The van der Waals surface area contributed by atoms with Gasteiger partial charge in [0.15, 0.2) is 0 Å². The lowest BCUT2D eigenvalue weighted by Crippen LogP contribution is -2.17. The first-order valence-electron chi connectivity index (χ1n) is 5.87. The molecular formula is C14H17N3O. The Morgan fingerprint density at radius 1 is 1.56 bits per heavy atom. The Bertz CT molecular complexity index is 533. The van der Waals surface area contributed by atoms with Gasteiger partial charge in [-0.3, -0.25) is 0 Å². The highest BCUT2D eigenvalue weighted by atomic mass is 16.3. The lowest BCUT2D eigenvalue weighted by Gasteiger charge is -2.13. The summed E-state index contributed by atoms with van der Waals surface area (Å²) in [5, 5.41) is 16.9. The van der Waals surface area contributed by atoms with Crippen LogP contribution in [0.15, 0.2) is 43.2 Å². The molecule has 1 atom stereocenters. The summed E-state index contributed by atoms with van der Waals surface area (Å²) in [6, 6.07) is 7.45. The third-order valence-electron chi connectivity index (χ3n) is 2.82. The summed E-state index contributed by atoms with van der Waals surface area (Å²) in [5.74, 6) is 0.292. The Balaban J connectivity index is 1.95. The van der Waals surface area contributed by atoms with Crippen molar-refractivity contribution in [1.82, 2.24) is 15.1 Å². The second-order valence-corrected chi connectivity index (χ2v) is 4.21. The molecule has 2 N–H and O–H groups in total. The van der Waals surface area contributed by atoms with Crippen LogP contribution in [0, 0.1) is 0 Å². The van der Waals surface area contributed by atoms with Crippen LogP contribution in [0.3, 0.4) is 0 Å². The summed E-state index contributed by atoms with van der Waals surface area (Å²) in [7, 11) is 0. The zero-order valence-electron chi connectivity index (χ0n) is 10.4. The molecule has 4 nitrogen and oxygen atoms in total. The van der Waals surface area contributed by atoms with E-state index in [1.54, 1.807) is 23.0 Å². The molecule has 0 saturated heterocycles. The number of phenolic OH excluding ortho intramolecular Hbond substituents is 1. The van der Waals surface area contributed by atoms with Gasteiger partial charge in [-0.25, -0.2) is 4.68 Å². The van der Waals surface area contributed by atoms with E-state index in [-0.39, 0.29) is 6.04 Å². The van der Waals surface area contributed by atoms with Crippen molar-refractivity contribution in [3.8, 4) is 5.75 Å². The smallest absolute Gasteiger partial charge is 0.115 e. The minimum absolute atomic E-state index is 0.171. The van der Waals surface area contributed by atoms with Crippen LogP contribution in [-0.2, 0) is 6.54 Å². The van der Waals surface area contributed by atoms with E-state index in [2.05, 4.69) is 23.9 Å². The van der Waals surface area contributed by atoms with Gasteiger partial charge in [0.1, 0.15) is 5.75 Å². The van der Waals surface area contributed by atoms with E-state index < -0.39 is 0 Å². The quantitative estimate of drug-likeness (QED) is 0.848. The molecule has 0 aliphatic rings. The summed E-state index contributed by atoms with van der Waals surface area (Å²) >= 11 is 0. The molecule has 2 rings (SSSR count). The van der Waals surface area contributed by atoms with E-state index >= 15 is 0 Å². The van der Waals surface area contributed by atoms with Crippen molar-refractivity contribution in [3.05, 3.63) is 54.4 Å². The maximum absolute atomic E-state index is 9.43. The highest BCUT2D eigenvalue weighted by Crippen LogP contribution is 2.18. The number of phenols is 1. The zero-order valence-corrected chi connectivity index (χ0v) is 10.4. The molecule has 1 aromatic carbocycles. The Morgan fingerprint density at radius 3 is 3.06 bits per heavy atom. The maximum atomic E-state index is 9.43. The minimum Gasteiger partial charge on any atom is -0.508 e. The molecule has 1 aromatic heterocycles. The first-order chi connectivity index (χ1) is 8.69. The monoisotopic (exact) mass is 243 g/mol. The molecule has 0 amide bonds. The van der Waals surface area contributed by atoms with Crippen LogP contribution in [-0.4, -0.2) is 14.9 Å². The number of nitrogens with one attached hydrogen (secondary N) is 1. The zero-order chi connectivity index (χ0) is 13.0. The third kappa shape index (κ3) is 2.99. The summed E-state index contributed by atoms with van der Waals surface area (Å²) in [6.07, 6.45) is 5.39. The van der Waals surface area contributed by atoms with Gasteiger partial charge < -0.3 is 10.4 Å². The van der Waals surface area contributed by atoms with Crippen molar-refractivity contribution in [2.75, 3.05) is 0 Å². The lowest BCUT2D eigenvalue weighted by molar-refractivity contribution is 0.472. The Morgan fingerprint density at radius 2 is 2.39 bits per heavy atom. The van der Waals surface area contributed by atoms with Gasteiger partial charge in [0.05, 0.1) is 6.20 Å². The van der Waals surface area contributed by atoms with Gasteiger partial charge >= 0.3 is 0 Å². The van der Waals surface area contributed by atoms with Crippen molar-refractivity contribution in [2.45, 2.75) is 19.5 Å². The number of rotatable bonds is 5. The molecule has 1 unspecified atom stereocenters. The molecule has 0 fully saturated rings. The second-order valence-electron chi connectivity index (χ2n) is 4.21. The van der Waals surface area contributed by atoms with E-state index in [0.29, 0.717) is 5.75 Å². The van der Waals surface area contributed by atoms with Crippen LogP contribution >= 0.6 is 0 Å². The average Bonchev–Trinajstić information content (AvgIpc) is 2.84. The number of nitrogens with zero attached hydrogens (tertiary/aromatic N) is 2. The van der Waals surface area contributed by atoms with E-state index in [9.17, 15) is 5.11 Å². The highest BCUT2D eigenvalue weighted by molar-refractivity contribution is 5.29. The summed E-state index contributed by atoms with van der Waals surface area (Å²) in [4.78, 5) is 0. The topological polar surface area (TPSA) is 50.1 Å². The van der Waals surface area contributed by atoms with Crippen LogP contribution in [0.2, 0.25) is 0 Å². The van der Waals surface area contributed by atoms with Gasteiger partial charge in [0, 0.05) is 30.5 Å². The Kier molecular flexibility index (Phi) is 3.79. The van der Waals surface area contributed by atoms with Crippen LogP contribution in [0.4, 0.5) is 0 Å². The van der Waals surface area contributed by atoms with E-state index in [4.69, 9.17) is 0 Å². The predicted octanol–water partition coefficient (Wildman–Crippen LogP) is 2.54. The van der Waals surface area contributed by atoms with Crippen molar-refractivity contribution < 1.29 is 5.11 Å². The third-order valence-corrected chi connectivity index (χ3v) is 2.82. The van der Waals surface area contributed by atoms with Crippen LogP contribution < -0.4 is 5.32 Å². The fourth-order valence-electron chi connectivity index (χ4n) is 1.75. The maximum Gasteiger partial charge on any atom is 0.115 e. The number of benzene rings is 1. The van der Waals surface area contributed by atoms with Gasteiger partial charge in [-0.1, -0.05) is 18.7 Å². The second kappa shape index (κ2) is 5.51. The van der Waals surface area contributed by atoms with Crippen LogP contribution in [0.5, 0.6) is 5.75 Å². The standard InChI is InChI=1S/C14H17N3O/c1-3-17-10-12(9-16-17)8-15-11(2)13-5-4-6-14(18)7-13/h3-7,9-11,15,18H,1,8H2,2H3. The minimum atomic E-state index is 0.171. The SMILES string of the molecule is C=Cn1cc(CNC(C)c2cccc(O)c2)cn1. The molecular weight excluding hydrogens is 226 g/mol. The van der Waals surface area contributed by atoms with Gasteiger partial charge in [0.25, 0.3) is 0 Å². The van der Waals surface area contributed by atoms with Gasteiger partial charge in [0.2, 0.25) is 0 Å². The number of aromatic hydroxyl groups is 1. The molecule has 18 heavy (non-hydrogen) atoms. The fraction of sp³-hybridized carbons (Fsp3) is 0.214. The molecule has 0 spiro atoms. The molecule has 4 heteroatoms. The first kappa shape index (κ1) is 12.4. The number of hydrogen-bond donors (Lipinski definition) is 2. The Hall–Kier alpha value is -2.07. The molecule has 0 aliphatic carbocycles. The first-order valence-corrected chi connectivity index (χ1v) is 5.87. The summed E-state index contributed by atoms with van der Waals surface area (Å²) < 4.78 is 1.68. The van der Waals surface area contributed by atoms with Crippen molar-refractivity contribution in [1.29, 1.82) is 0 Å². The molecule has 94 valence electrons. The van der Waals surface area contributed by atoms with Crippen molar-refractivity contribution in [3.63, 3.8) is 0 Å². The van der Waals surface area contributed by atoms with Crippen LogP contribution in [0.25, 0.3) is 6.20 Å². The fourth-order valence-corrected chi connectivity index (χ4v) is 1.75. The molecule has 1 heterocycles. The molecule has 0 aliphatic heterocycles. The molecule has 2 aromatic rings. The van der Waals surface area contributed by atoms with Crippen molar-refractivity contribution >= 4 is 6.20 Å². The van der Waals surface area contributed by atoms with Gasteiger partial charge in [-0.2, -0.15) is 5.10 Å². The van der Waals surface area contributed by atoms with E-state index in [1.165, 1.54) is 0 Å². The summed E-state index contributed by atoms with van der Waals surface area (Å²) in [6.45, 7) is 6.44. The number of aromatic nitrogens is 2. The lowest BCUT2D eigenvalue weighted by atomic mass is 10.1. The molecule has 0 saturated carbocycles. The van der Waals surface area contributed by atoms with Crippen molar-refractivity contribution in [2.24, 2.45) is 0 Å². The molecule has 0 bridgehead atoms. The Labute approximate surface area is 107 Å². The largest absolute Gasteiger partial charge is 0.508 e. The van der Waals surface area contributed by atoms with E-state index in [0.717, 1.165) is 17.7 Å². The summed E-state index contributed by atoms with van der Waals surface area (Å²) in [5.41, 5.74) is 2.16. The highest BCUT2D eigenvalue weighted by Gasteiger charge is 2.06. The van der Waals surface area contributed by atoms with Gasteiger partial charge in [-0.05, 0) is 24.6 Å². The van der Waals surface area contributed by atoms with E-state index in [1.807, 2.05) is 24.5 Å². The van der Waals surface area contributed by atoms with Crippen LogP contribution in [0.1, 0.15) is 24.1 Å². The average molecular weight is 243 g/mol.